The molecule has 156 valence electrons. The quantitative estimate of drug-likeness (QED) is 0.653. The fourth-order valence-corrected chi connectivity index (χ4v) is 4.92. The molecule has 0 aromatic heterocycles. The van der Waals surface area contributed by atoms with Gasteiger partial charge in [-0.2, -0.15) is 0 Å². The lowest BCUT2D eigenvalue weighted by Crippen LogP contribution is -2.39. The van der Waals surface area contributed by atoms with Crippen LogP contribution in [0, 0.1) is 0 Å². The third-order valence-electron chi connectivity index (χ3n) is 6.31. The van der Waals surface area contributed by atoms with Crippen LogP contribution >= 0.6 is 0 Å². The molecule has 5 rings (SSSR count). The van der Waals surface area contributed by atoms with Crippen LogP contribution in [0.5, 0.6) is 0 Å². The summed E-state index contributed by atoms with van der Waals surface area (Å²) >= 11 is 0. The predicted octanol–water partition coefficient (Wildman–Crippen LogP) is 5.01. The summed E-state index contributed by atoms with van der Waals surface area (Å²) in [5.41, 5.74) is 6.70. The highest BCUT2D eigenvalue weighted by Crippen LogP contribution is 2.44. The van der Waals surface area contributed by atoms with Gasteiger partial charge in [-0.3, -0.25) is 4.79 Å². The lowest BCUT2D eigenvalue weighted by Gasteiger charge is -2.33. The molecule has 2 aliphatic rings. The van der Waals surface area contributed by atoms with Gasteiger partial charge in [0.05, 0.1) is 6.42 Å². The molecule has 0 bridgehead atoms. The second-order valence-electron chi connectivity index (χ2n) is 8.18. The van der Waals surface area contributed by atoms with Crippen molar-refractivity contribution in [3.63, 3.8) is 0 Å². The van der Waals surface area contributed by atoms with E-state index in [1.165, 1.54) is 22.3 Å². The Balaban J connectivity index is 1.34. The fraction of sp³-hybridized carbons (Fsp3) is 0.231. The number of benzene rings is 3. The number of carbonyl (C=O) groups is 2. The summed E-state index contributed by atoms with van der Waals surface area (Å²) in [6, 6.07) is 24.2. The van der Waals surface area contributed by atoms with E-state index in [-0.39, 0.29) is 24.9 Å². The van der Waals surface area contributed by atoms with Crippen LogP contribution in [0.3, 0.4) is 0 Å². The minimum absolute atomic E-state index is 0.00300. The molecule has 0 radical (unpaired) electrons. The van der Waals surface area contributed by atoms with Crippen molar-refractivity contribution in [3.8, 4) is 11.1 Å². The molecule has 3 aromatic rings. The number of hydrogen-bond donors (Lipinski definition) is 1. The number of fused-ring (bicyclic) bond motifs is 4. The van der Waals surface area contributed by atoms with E-state index in [1.807, 2.05) is 48.5 Å². The van der Waals surface area contributed by atoms with Crippen molar-refractivity contribution in [3.05, 3.63) is 95.1 Å². The molecule has 0 spiro atoms. The molecule has 3 aromatic carbocycles. The molecule has 1 N–H and O–H groups in total. The Morgan fingerprint density at radius 1 is 0.871 bits per heavy atom. The number of carboxylic acids is 1. The summed E-state index contributed by atoms with van der Waals surface area (Å²) in [6.45, 7) is 1.04. The molecule has 1 heterocycles. The van der Waals surface area contributed by atoms with Crippen LogP contribution in [0.2, 0.25) is 0 Å². The van der Waals surface area contributed by atoms with Crippen LogP contribution in [-0.2, 0) is 16.1 Å². The summed E-state index contributed by atoms with van der Waals surface area (Å²) in [5.74, 6) is -1.10. The third kappa shape index (κ3) is 3.56. The minimum Gasteiger partial charge on any atom is -0.481 e. The number of amides is 1. The molecule has 1 aliphatic carbocycles. The number of ether oxygens (including phenoxy) is 1. The van der Waals surface area contributed by atoms with Crippen LogP contribution in [0.4, 0.5) is 4.79 Å². The molecule has 0 saturated carbocycles. The summed E-state index contributed by atoms with van der Waals surface area (Å²) in [6.07, 6.45) is -0.406. The lowest BCUT2D eigenvalue weighted by atomic mass is 9.88. The maximum Gasteiger partial charge on any atom is 0.410 e. The van der Waals surface area contributed by atoms with Crippen molar-refractivity contribution < 1.29 is 19.4 Å². The zero-order valence-electron chi connectivity index (χ0n) is 17.0. The first-order valence-corrected chi connectivity index (χ1v) is 10.5. The Kier molecular flexibility index (Phi) is 4.94. The number of hydrogen-bond acceptors (Lipinski definition) is 3. The standard InChI is InChI=1S/C26H23NO4/c28-25(29)13-18-15-27(14-17-7-1-2-8-19(17)18)26(30)31-16-24-22-11-5-3-9-20(22)21-10-4-6-12-23(21)24/h1-12,18,24H,13-16H2,(H,28,29). The number of carbonyl (C=O) groups excluding carboxylic acids is 1. The molecule has 1 amide bonds. The molecule has 0 fully saturated rings. The SMILES string of the molecule is O=C(O)CC1CN(C(=O)OCC2c3ccccc3-c3ccccc32)Cc2ccccc21. The van der Waals surface area contributed by atoms with Crippen molar-refractivity contribution in [2.24, 2.45) is 0 Å². The molecule has 1 unspecified atom stereocenters. The highest BCUT2D eigenvalue weighted by atomic mass is 16.6. The Hall–Kier alpha value is -3.60. The van der Waals surface area contributed by atoms with Crippen molar-refractivity contribution >= 4 is 12.1 Å². The molecule has 31 heavy (non-hydrogen) atoms. The van der Waals surface area contributed by atoms with Crippen molar-refractivity contribution in [2.45, 2.75) is 24.8 Å². The summed E-state index contributed by atoms with van der Waals surface area (Å²) in [7, 11) is 0. The predicted molar refractivity (Wildman–Crippen MR) is 117 cm³/mol. The van der Waals surface area contributed by atoms with Gasteiger partial charge in [-0.1, -0.05) is 72.8 Å². The number of nitrogens with zero attached hydrogens (tertiary/aromatic N) is 1. The molecular formula is C26H23NO4. The van der Waals surface area contributed by atoms with Gasteiger partial charge in [0.1, 0.15) is 6.61 Å². The molecule has 0 saturated heterocycles. The number of carboxylic acid groups (broad SMARTS) is 1. The molecule has 5 nitrogen and oxygen atoms in total. The topological polar surface area (TPSA) is 66.8 Å². The van der Waals surface area contributed by atoms with E-state index in [0.29, 0.717) is 13.1 Å². The Labute approximate surface area is 180 Å². The van der Waals surface area contributed by atoms with Gasteiger partial charge in [-0.25, -0.2) is 4.79 Å². The Morgan fingerprint density at radius 2 is 1.45 bits per heavy atom. The lowest BCUT2D eigenvalue weighted by molar-refractivity contribution is -0.137. The average molecular weight is 413 g/mol. The van der Waals surface area contributed by atoms with E-state index in [9.17, 15) is 14.7 Å². The molecular weight excluding hydrogens is 390 g/mol. The van der Waals surface area contributed by atoms with Crippen LogP contribution in [0.1, 0.15) is 40.5 Å². The number of aliphatic carboxylic acids is 1. The van der Waals surface area contributed by atoms with Gasteiger partial charge in [0.15, 0.2) is 0 Å². The molecule has 1 aliphatic heterocycles. The molecule has 1 atom stereocenters. The van der Waals surface area contributed by atoms with Crippen molar-refractivity contribution in [2.75, 3.05) is 13.2 Å². The Morgan fingerprint density at radius 3 is 2.10 bits per heavy atom. The Bertz CT molecular complexity index is 1110. The highest BCUT2D eigenvalue weighted by molar-refractivity contribution is 5.79. The van der Waals surface area contributed by atoms with E-state index >= 15 is 0 Å². The van der Waals surface area contributed by atoms with Gasteiger partial charge in [0.2, 0.25) is 0 Å². The smallest absolute Gasteiger partial charge is 0.410 e. The maximum atomic E-state index is 13.0. The van der Waals surface area contributed by atoms with Crippen LogP contribution in [0.25, 0.3) is 11.1 Å². The fourth-order valence-electron chi connectivity index (χ4n) is 4.92. The minimum atomic E-state index is -0.866. The zero-order chi connectivity index (χ0) is 21.4. The van der Waals surface area contributed by atoms with Crippen LogP contribution < -0.4 is 0 Å². The van der Waals surface area contributed by atoms with E-state index < -0.39 is 12.1 Å². The monoisotopic (exact) mass is 413 g/mol. The van der Waals surface area contributed by atoms with Crippen molar-refractivity contribution in [1.82, 2.24) is 4.90 Å². The highest BCUT2D eigenvalue weighted by Gasteiger charge is 2.32. The van der Waals surface area contributed by atoms with Gasteiger partial charge in [-0.15, -0.1) is 0 Å². The molecule has 5 heteroatoms. The van der Waals surface area contributed by atoms with E-state index in [4.69, 9.17) is 4.74 Å². The summed E-state index contributed by atoms with van der Waals surface area (Å²) < 4.78 is 5.79. The van der Waals surface area contributed by atoms with Gasteiger partial charge >= 0.3 is 12.1 Å². The summed E-state index contributed by atoms with van der Waals surface area (Å²) in [4.78, 5) is 26.0. The van der Waals surface area contributed by atoms with Crippen molar-refractivity contribution in [1.29, 1.82) is 0 Å². The normalized spacial score (nSPS) is 16.9. The first-order chi connectivity index (χ1) is 15.1. The van der Waals surface area contributed by atoms with Crippen LogP contribution in [-0.4, -0.2) is 35.2 Å². The van der Waals surface area contributed by atoms with E-state index in [0.717, 1.165) is 11.1 Å². The number of rotatable bonds is 4. The van der Waals surface area contributed by atoms with Gasteiger partial charge < -0.3 is 14.7 Å². The second-order valence-corrected chi connectivity index (χ2v) is 8.18. The van der Waals surface area contributed by atoms with E-state index in [2.05, 4.69) is 24.3 Å². The summed E-state index contributed by atoms with van der Waals surface area (Å²) in [5, 5.41) is 9.31. The first-order valence-electron chi connectivity index (χ1n) is 10.5. The first kappa shape index (κ1) is 19.4. The van der Waals surface area contributed by atoms with Gasteiger partial charge in [-0.05, 0) is 33.4 Å². The largest absolute Gasteiger partial charge is 0.481 e. The maximum absolute atomic E-state index is 13.0. The van der Waals surface area contributed by atoms with E-state index in [1.54, 1.807) is 4.90 Å². The van der Waals surface area contributed by atoms with Gasteiger partial charge in [0, 0.05) is 24.9 Å². The second kappa shape index (κ2) is 7.91. The van der Waals surface area contributed by atoms with Crippen LogP contribution in [0.15, 0.2) is 72.8 Å². The average Bonchev–Trinajstić information content (AvgIpc) is 3.11. The third-order valence-corrected chi connectivity index (χ3v) is 6.31. The van der Waals surface area contributed by atoms with Gasteiger partial charge in [0.25, 0.3) is 0 Å². The zero-order valence-corrected chi connectivity index (χ0v) is 17.0.